The summed E-state index contributed by atoms with van der Waals surface area (Å²) in [5.41, 5.74) is 2.78. The Bertz CT molecular complexity index is 212. The highest BCUT2D eigenvalue weighted by Crippen LogP contribution is 1.93. The molecule has 0 heterocycles. The van der Waals surface area contributed by atoms with Crippen LogP contribution in [0.25, 0.3) is 0 Å². The first kappa shape index (κ1) is 16.8. The van der Waals surface area contributed by atoms with Gasteiger partial charge >= 0.3 is 0 Å². The summed E-state index contributed by atoms with van der Waals surface area (Å²) in [6, 6.07) is 0. The summed E-state index contributed by atoms with van der Waals surface area (Å²) < 4.78 is 0.901. The van der Waals surface area contributed by atoms with Crippen molar-refractivity contribution < 1.29 is 26.5 Å². The Kier molecular flexibility index (Phi) is 8.62. The largest absolute Gasteiger partial charge is 0.331 e. The zero-order valence-electron chi connectivity index (χ0n) is 10.0. The lowest BCUT2D eigenvalue weighted by molar-refractivity contribution is -0.870. The second kappa shape index (κ2) is 7.68. The zero-order valence-corrected chi connectivity index (χ0v) is 10.9. The number of hydrogen-bond donors (Lipinski definition) is 1. The average molecular weight is 239 g/mol. The number of rotatable bonds is 6. The Morgan fingerprint density at radius 2 is 1.93 bits per heavy atom. The van der Waals surface area contributed by atoms with E-state index in [9.17, 15) is 4.79 Å². The Morgan fingerprint density at radius 1 is 1.40 bits per heavy atom. The van der Waals surface area contributed by atoms with Crippen LogP contribution in [0.1, 0.15) is 13.3 Å². The number of hydrogen-bond acceptors (Lipinski definition) is 2. The number of carbonyl (C=O) groups is 1. The molecule has 1 N–H and O–H groups in total. The molecule has 0 aliphatic carbocycles. The molecule has 0 saturated carbocycles. The molecular formula is C10H23ClN2O2+2. The number of nitrogens with one attached hydrogen (secondary N) is 1. The predicted octanol–water partition coefficient (Wildman–Crippen LogP) is 0.171. The number of quaternary nitrogens is 1. The van der Waals surface area contributed by atoms with Gasteiger partial charge in [-0.05, 0) is 6.92 Å². The first-order chi connectivity index (χ1) is 6.33. The summed E-state index contributed by atoms with van der Waals surface area (Å²) in [7, 11) is 6.35. The standard InChI is InChI=1S/C10H20N2O2.ClH2/c1-9(2)10(13)11-14-8-6-7-12(3,4)5;/h1,6-8H2,2-5H3;1H2/q;+1/p+1. The first-order valence-electron chi connectivity index (χ1n) is 4.71. The number of halogens is 1. The van der Waals surface area contributed by atoms with Gasteiger partial charge in [0.05, 0.1) is 46.7 Å². The van der Waals surface area contributed by atoms with Crippen LogP contribution in [0.4, 0.5) is 0 Å². The summed E-state index contributed by atoms with van der Waals surface area (Å²) in [5.74, 6) is -0.254. The molecule has 0 rings (SSSR count). The Hall–Kier alpha value is -0.580. The summed E-state index contributed by atoms with van der Waals surface area (Å²) in [4.78, 5) is 15.9. The van der Waals surface area contributed by atoms with Gasteiger partial charge in [-0.2, -0.15) is 0 Å². The molecule has 0 aliphatic heterocycles. The maximum absolute atomic E-state index is 11.0. The fraction of sp³-hybridized carbons (Fsp3) is 0.700. The smallest absolute Gasteiger partial charge is 0.269 e. The van der Waals surface area contributed by atoms with E-state index in [1.165, 1.54) is 0 Å². The van der Waals surface area contributed by atoms with Gasteiger partial charge in [-0.3, -0.25) is 9.63 Å². The van der Waals surface area contributed by atoms with Crippen molar-refractivity contribution in [3.05, 3.63) is 12.2 Å². The quantitative estimate of drug-likeness (QED) is 0.310. The fourth-order valence-electron chi connectivity index (χ4n) is 0.815. The monoisotopic (exact) mass is 238 g/mol. The molecule has 1 amide bonds. The molecule has 0 radical (unpaired) electrons. The van der Waals surface area contributed by atoms with Crippen molar-refractivity contribution in [3.8, 4) is 0 Å². The van der Waals surface area contributed by atoms with Gasteiger partial charge in [0, 0.05) is 12.0 Å². The van der Waals surface area contributed by atoms with Crippen molar-refractivity contribution in [1.29, 1.82) is 0 Å². The van der Waals surface area contributed by atoms with Gasteiger partial charge in [-0.1, -0.05) is 6.58 Å². The van der Waals surface area contributed by atoms with Crippen LogP contribution in [0.3, 0.4) is 0 Å². The van der Waals surface area contributed by atoms with Crippen LogP contribution in [0, 0.1) is 12.4 Å². The predicted molar refractivity (Wildman–Crippen MR) is 59.2 cm³/mol. The normalized spacial score (nSPS) is 10.4. The third-order valence-electron chi connectivity index (χ3n) is 1.63. The van der Waals surface area contributed by atoms with Crippen LogP contribution >= 0.6 is 0 Å². The topological polar surface area (TPSA) is 38.3 Å². The van der Waals surface area contributed by atoms with Crippen molar-refractivity contribution >= 4 is 5.91 Å². The third-order valence-corrected chi connectivity index (χ3v) is 1.63. The SMILES string of the molecule is C=C(C)C(=O)NOCCC[N+](C)(C)C.[ClH2+]. The van der Waals surface area contributed by atoms with Crippen molar-refractivity contribution in [2.75, 3.05) is 34.3 Å². The molecule has 0 bridgehead atoms. The number of hydroxylamine groups is 1. The van der Waals surface area contributed by atoms with Gasteiger partial charge in [0.15, 0.2) is 0 Å². The van der Waals surface area contributed by atoms with Crippen LogP contribution < -0.4 is 5.48 Å². The first-order valence-corrected chi connectivity index (χ1v) is 4.71. The Labute approximate surface area is 98.2 Å². The van der Waals surface area contributed by atoms with Gasteiger partial charge < -0.3 is 4.48 Å². The highest BCUT2D eigenvalue weighted by atomic mass is 35.5. The van der Waals surface area contributed by atoms with Crippen molar-refractivity contribution in [3.63, 3.8) is 0 Å². The maximum Gasteiger partial charge on any atom is 0.269 e. The van der Waals surface area contributed by atoms with Crippen LogP contribution in [0.2, 0.25) is 0 Å². The number of amides is 1. The third kappa shape index (κ3) is 11.3. The van der Waals surface area contributed by atoms with Gasteiger partial charge in [0.2, 0.25) is 0 Å². The lowest BCUT2D eigenvalue weighted by atomic mass is 10.3. The highest BCUT2D eigenvalue weighted by molar-refractivity contribution is 5.91. The maximum atomic E-state index is 11.0. The van der Waals surface area contributed by atoms with Crippen LogP contribution in [-0.2, 0) is 9.63 Å². The Balaban J connectivity index is 0. The molecule has 0 atom stereocenters. The summed E-state index contributed by atoms with van der Waals surface area (Å²) >= 11 is 0. The minimum Gasteiger partial charge on any atom is -0.331 e. The van der Waals surface area contributed by atoms with Crippen LogP contribution in [0.5, 0.6) is 0 Å². The second-order valence-electron chi connectivity index (χ2n) is 4.43. The fourth-order valence-corrected chi connectivity index (χ4v) is 0.815. The van der Waals surface area contributed by atoms with Gasteiger partial charge in [0.25, 0.3) is 5.91 Å². The zero-order chi connectivity index (χ0) is 11.2. The van der Waals surface area contributed by atoms with E-state index in [4.69, 9.17) is 4.84 Å². The number of nitrogens with zero attached hydrogens (tertiary/aromatic N) is 1. The molecule has 0 unspecified atom stereocenters. The molecule has 15 heavy (non-hydrogen) atoms. The van der Waals surface area contributed by atoms with Crippen molar-refractivity contribution in [2.24, 2.45) is 0 Å². The molecule has 0 aromatic carbocycles. The second-order valence-corrected chi connectivity index (χ2v) is 4.43. The van der Waals surface area contributed by atoms with E-state index in [1.807, 2.05) is 0 Å². The molecular weight excluding hydrogens is 216 g/mol. The lowest BCUT2D eigenvalue weighted by Crippen LogP contribution is -2.36. The van der Waals surface area contributed by atoms with Gasteiger partial charge in [-0.25, -0.2) is 5.48 Å². The summed E-state index contributed by atoms with van der Waals surface area (Å²) in [5, 5.41) is 0. The summed E-state index contributed by atoms with van der Waals surface area (Å²) in [6.45, 7) is 6.69. The molecule has 5 heteroatoms. The van der Waals surface area contributed by atoms with Gasteiger partial charge in [-0.15, -0.1) is 0 Å². The highest BCUT2D eigenvalue weighted by Gasteiger charge is 2.06. The number of carbonyl (C=O) groups excluding carboxylic acids is 1. The molecule has 0 aromatic rings. The van der Waals surface area contributed by atoms with E-state index < -0.39 is 0 Å². The van der Waals surface area contributed by atoms with E-state index >= 15 is 0 Å². The molecule has 0 saturated heterocycles. The lowest BCUT2D eigenvalue weighted by Gasteiger charge is -2.23. The van der Waals surface area contributed by atoms with Gasteiger partial charge in [0.1, 0.15) is 0 Å². The molecule has 0 aliphatic rings. The molecule has 90 valence electrons. The molecule has 4 nitrogen and oxygen atoms in total. The average Bonchev–Trinajstić information content (AvgIpc) is 2.01. The van der Waals surface area contributed by atoms with Crippen molar-refractivity contribution in [2.45, 2.75) is 13.3 Å². The van der Waals surface area contributed by atoms with E-state index in [1.54, 1.807) is 6.92 Å². The molecule has 0 aromatic heterocycles. The van der Waals surface area contributed by atoms with E-state index in [-0.39, 0.29) is 18.3 Å². The molecule has 0 spiro atoms. The minimum atomic E-state index is -0.254. The van der Waals surface area contributed by atoms with E-state index in [2.05, 4.69) is 33.2 Å². The molecule has 0 fully saturated rings. The van der Waals surface area contributed by atoms with Crippen molar-refractivity contribution in [1.82, 2.24) is 5.48 Å². The minimum absolute atomic E-state index is 0. The van der Waals surface area contributed by atoms with Crippen LogP contribution in [0.15, 0.2) is 12.2 Å². The summed E-state index contributed by atoms with van der Waals surface area (Å²) in [6.07, 6.45) is 0.917. The Morgan fingerprint density at radius 3 is 2.33 bits per heavy atom. The van der Waals surface area contributed by atoms with E-state index in [0.29, 0.717) is 12.2 Å². The van der Waals surface area contributed by atoms with E-state index in [0.717, 1.165) is 17.4 Å². The van der Waals surface area contributed by atoms with Crippen LogP contribution in [-0.4, -0.2) is 44.7 Å².